The Morgan fingerprint density at radius 2 is 2.15 bits per heavy atom. The maximum absolute atomic E-state index is 13.8. The van der Waals surface area contributed by atoms with Gasteiger partial charge >= 0.3 is 0 Å². The molecular weight excluding hydrogens is 454 g/mol. The fourth-order valence-electron chi connectivity index (χ4n) is 4.57. The van der Waals surface area contributed by atoms with Crippen molar-refractivity contribution in [3.05, 3.63) is 71.0 Å². The number of anilines is 1. The molecule has 1 aliphatic heterocycles. The van der Waals surface area contributed by atoms with E-state index >= 15 is 0 Å². The number of benzene rings is 2. The predicted octanol–water partition coefficient (Wildman–Crippen LogP) is 5.80. The summed E-state index contributed by atoms with van der Waals surface area (Å²) in [6.07, 6.45) is 5.71. The molecule has 0 saturated carbocycles. The first-order valence-corrected chi connectivity index (χ1v) is 12.4. The zero-order valence-electron chi connectivity index (χ0n) is 18.7. The highest BCUT2D eigenvalue weighted by Crippen LogP contribution is 2.30. The van der Waals surface area contributed by atoms with Crippen molar-refractivity contribution < 1.29 is 4.79 Å². The Balaban J connectivity index is 1.40. The lowest BCUT2D eigenvalue weighted by Crippen LogP contribution is -2.51. The fraction of sp³-hybridized carbons (Fsp3) is 0.320. The molecule has 0 aliphatic carbocycles. The number of halogens is 1. The Morgan fingerprint density at radius 1 is 1.27 bits per heavy atom. The molecule has 1 saturated heterocycles. The first-order chi connectivity index (χ1) is 16.0. The van der Waals surface area contributed by atoms with Crippen LogP contribution in [0.1, 0.15) is 35.7 Å². The molecule has 0 radical (unpaired) electrons. The number of aromatic nitrogens is 3. The third kappa shape index (κ3) is 4.48. The molecule has 0 bridgehead atoms. The van der Waals surface area contributed by atoms with Crippen molar-refractivity contribution in [2.45, 2.75) is 32.7 Å². The normalized spacial score (nSPS) is 18.6. The number of thiazole rings is 1. The first kappa shape index (κ1) is 21.9. The summed E-state index contributed by atoms with van der Waals surface area (Å²) < 4.78 is 2.86. The number of nitrogens with one attached hydrogen (secondary N) is 1. The maximum Gasteiger partial charge on any atom is 0.256 e. The largest absolute Gasteiger partial charge is 0.359 e. The second kappa shape index (κ2) is 9.15. The average molecular weight is 480 g/mol. The SMILES string of the molecule is Cc1ccc(-n2cccn2)c(C(=O)N2CCC[C@@H](C)[C@H]2CNc2nc3cc(Cl)ccc3s2)c1. The van der Waals surface area contributed by atoms with Gasteiger partial charge < -0.3 is 10.2 Å². The summed E-state index contributed by atoms with van der Waals surface area (Å²) in [5.41, 5.74) is 3.45. The average Bonchev–Trinajstić information content (AvgIpc) is 3.47. The van der Waals surface area contributed by atoms with Gasteiger partial charge in [-0.1, -0.05) is 41.5 Å². The summed E-state index contributed by atoms with van der Waals surface area (Å²) in [4.78, 5) is 20.6. The van der Waals surface area contributed by atoms with Crippen molar-refractivity contribution in [1.82, 2.24) is 19.7 Å². The summed E-state index contributed by atoms with van der Waals surface area (Å²) in [6, 6.07) is 13.7. The van der Waals surface area contributed by atoms with Crippen molar-refractivity contribution in [3.8, 4) is 5.69 Å². The minimum Gasteiger partial charge on any atom is -0.359 e. The summed E-state index contributed by atoms with van der Waals surface area (Å²) in [5, 5.41) is 9.39. The minimum atomic E-state index is 0.0543. The van der Waals surface area contributed by atoms with Gasteiger partial charge in [-0.25, -0.2) is 9.67 Å². The first-order valence-electron chi connectivity index (χ1n) is 11.2. The number of likely N-dealkylation sites (tertiary alicyclic amines) is 1. The molecule has 2 aromatic carbocycles. The Bertz CT molecular complexity index is 1290. The number of hydrogen-bond acceptors (Lipinski definition) is 5. The van der Waals surface area contributed by atoms with Crippen molar-refractivity contribution in [3.63, 3.8) is 0 Å². The zero-order valence-corrected chi connectivity index (χ0v) is 20.2. The van der Waals surface area contributed by atoms with Gasteiger partial charge in [0.1, 0.15) is 0 Å². The van der Waals surface area contributed by atoms with Crippen LogP contribution >= 0.6 is 22.9 Å². The van der Waals surface area contributed by atoms with Crippen LogP contribution in [0.5, 0.6) is 0 Å². The third-order valence-corrected chi connectivity index (χ3v) is 7.55. The number of rotatable bonds is 5. The summed E-state index contributed by atoms with van der Waals surface area (Å²) >= 11 is 7.72. The number of carbonyl (C=O) groups excluding carboxylic acids is 1. The van der Waals surface area contributed by atoms with Crippen LogP contribution in [0.4, 0.5) is 5.13 Å². The lowest BCUT2D eigenvalue weighted by atomic mass is 9.90. The molecule has 0 spiro atoms. The molecule has 4 aromatic rings. The molecule has 2 aromatic heterocycles. The number of piperidine rings is 1. The quantitative estimate of drug-likeness (QED) is 0.393. The van der Waals surface area contributed by atoms with Crippen molar-refractivity contribution in [2.75, 3.05) is 18.4 Å². The van der Waals surface area contributed by atoms with E-state index in [1.165, 1.54) is 0 Å². The minimum absolute atomic E-state index is 0.0543. The summed E-state index contributed by atoms with van der Waals surface area (Å²) in [5.74, 6) is 0.440. The highest BCUT2D eigenvalue weighted by Gasteiger charge is 2.33. The molecular formula is C25H26ClN5OS. The van der Waals surface area contributed by atoms with Gasteiger partial charge in [0, 0.05) is 30.5 Å². The van der Waals surface area contributed by atoms with E-state index < -0.39 is 0 Å². The van der Waals surface area contributed by atoms with E-state index in [9.17, 15) is 4.79 Å². The summed E-state index contributed by atoms with van der Waals surface area (Å²) in [7, 11) is 0. The van der Waals surface area contributed by atoms with Crippen LogP contribution in [0.3, 0.4) is 0 Å². The number of hydrogen-bond donors (Lipinski definition) is 1. The van der Waals surface area contributed by atoms with E-state index in [2.05, 4.69) is 22.3 Å². The second-order valence-corrected chi connectivity index (χ2v) is 10.1. The zero-order chi connectivity index (χ0) is 22.9. The van der Waals surface area contributed by atoms with Crippen molar-refractivity contribution in [2.24, 2.45) is 5.92 Å². The Morgan fingerprint density at radius 3 is 2.97 bits per heavy atom. The number of amides is 1. The molecule has 5 rings (SSSR count). The maximum atomic E-state index is 13.8. The van der Waals surface area contributed by atoms with Crippen LogP contribution in [0.2, 0.25) is 5.02 Å². The molecule has 6 nitrogen and oxygen atoms in total. The topological polar surface area (TPSA) is 63.1 Å². The van der Waals surface area contributed by atoms with E-state index in [4.69, 9.17) is 11.6 Å². The van der Waals surface area contributed by atoms with Gasteiger partial charge in [0.15, 0.2) is 5.13 Å². The van der Waals surface area contributed by atoms with E-state index in [1.54, 1.807) is 22.2 Å². The lowest BCUT2D eigenvalue weighted by molar-refractivity contribution is 0.0540. The Kier molecular flexibility index (Phi) is 6.08. The molecule has 1 N–H and O–H groups in total. The molecule has 1 aliphatic rings. The van der Waals surface area contributed by atoms with Gasteiger partial charge in [-0.15, -0.1) is 0 Å². The lowest BCUT2D eigenvalue weighted by Gasteiger charge is -2.40. The van der Waals surface area contributed by atoms with Gasteiger partial charge in [0.25, 0.3) is 5.91 Å². The van der Waals surface area contributed by atoms with E-state index in [0.29, 0.717) is 23.0 Å². The van der Waals surface area contributed by atoms with Gasteiger partial charge in [0.2, 0.25) is 0 Å². The molecule has 2 atom stereocenters. The molecule has 8 heteroatoms. The highest BCUT2D eigenvalue weighted by molar-refractivity contribution is 7.22. The number of nitrogens with zero attached hydrogens (tertiary/aromatic N) is 4. The Hall–Kier alpha value is -2.90. The molecule has 1 amide bonds. The summed E-state index contributed by atoms with van der Waals surface area (Å²) in [6.45, 7) is 5.65. The van der Waals surface area contributed by atoms with E-state index in [0.717, 1.165) is 46.0 Å². The van der Waals surface area contributed by atoms with E-state index in [-0.39, 0.29) is 11.9 Å². The van der Waals surface area contributed by atoms with Crippen LogP contribution in [0, 0.1) is 12.8 Å². The van der Waals surface area contributed by atoms with Crippen molar-refractivity contribution >= 4 is 44.2 Å². The van der Waals surface area contributed by atoms with Crippen LogP contribution in [-0.2, 0) is 0 Å². The Labute approximate surface area is 202 Å². The van der Waals surface area contributed by atoms with Crippen LogP contribution in [0.25, 0.3) is 15.9 Å². The number of aryl methyl sites for hydroxylation is 1. The fourth-order valence-corrected chi connectivity index (χ4v) is 5.59. The van der Waals surface area contributed by atoms with Gasteiger partial charge in [-0.2, -0.15) is 5.10 Å². The second-order valence-electron chi connectivity index (χ2n) is 8.67. The smallest absolute Gasteiger partial charge is 0.256 e. The monoisotopic (exact) mass is 479 g/mol. The van der Waals surface area contributed by atoms with Crippen molar-refractivity contribution in [1.29, 1.82) is 0 Å². The van der Waals surface area contributed by atoms with Gasteiger partial charge in [-0.05, 0) is 62.1 Å². The number of fused-ring (bicyclic) bond motifs is 1. The molecule has 0 unspecified atom stereocenters. The van der Waals surface area contributed by atoms with Gasteiger partial charge in [0.05, 0.1) is 27.5 Å². The highest BCUT2D eigenvalue weighted by atomic mass is 35.5. The van der Waals surface area contributed by atoms with Crippen LogP contribution in [0.15, 0.2) is 54.9 Å². The molecule has 3 heterocycles. The molecule has 170 valence electrons. The number of carbonyl (C=O) groups is 1. The molecule has 1 fully saturated rings. The van der Waals surface area contributed by atoms with Crippen LogP contribution in [-0.4, -0.2) is 44.7 Å². The third-order valence-electron chi connectivity index (χ3n) is 6.32. The predicted molar refractivity (Wildman–Crippen MR) is 135 cm³/mol. The molecule has 33 heavy (non-hydrogen) atoms. The van der Waals surface area contributed by atoms with E-state index in [1.807, 2.05) is 60.5 Å². The van der Waals surface area contributed by atoms with Gasteiger partial charge in [-0.3, -0.25) is 4.79 Å². The van der Waals surface area contributed by atoms with Crippen LogP contribution < -0.4 is 5.32 Å². The standard InChI is InChI=1S/C25H26ClN5OS/c1-16-6-8-21(31-12-4-10-28-31)19(13-16)24(32)30-11-3-5-17(2)22(30)15-27-25-29-20-14-18(26)7-9-23(20)33-25/h4,6-10,12-14,17,22H,3,5,11,15H2,1-2H3,(H,27,29)/t17-,22-/m1/s1.